The number of aliphatic hydroxyl groups excluding tert-OH is 2. The molecular weight excluding hydrogens is 352 g/mol. The molecule has 158 valence electrons. The van der Waals surface area contributed by atoms with E-state index >= 15 is 0 Å². The minimum atomic E-state index is -0.717. The summed E-state index contributed by atoms with van der Waals surface area (Å²) in [5.74, 6) is -0.0367. The predicted octanol–water partition coefficient (Wildman–Crippen LogP) is 5.58. The Hall–Kier alpha value is -1.39. The SMILES string of the molecule is CCCCCC(O)c1ccc(C2CCC(O)C2CCCCCCC(=O)O)cc1. The molecule has 0 aromatic heterocycles. The first-order chi connectivity index (χ1) is 13.5. The molecule has 1 aliphatic carbocycles. The summed E-state index contributed by atoms with van der Waals surface area (Å²) in [6, 6.07) is 8.39. The smallest absolute Gasteiger partial charge is 0.303 e. The molecule has 0 aliphatic heterocycles. The van der Waals surface area contributed by atoms with Crippen molar-refractivity contribution in [3.8, 4) is 0 Å². The van der Waals surface area contributed by atoms with Gasteiger partial charge in [-0.05, 0) is 55.1 Å². The highest BCUT2D eigenvalue weighted by Crippen LogP contribution is 2.42. The molecule has 1 aromatic carbocycles. The van der Waals surface area contributed by atoms with Gasteiger partial charge in [-0.1, -0.05) is 69.7 Å². The summed E-state index contributed by atoms with van der Waals surface area (Å²) in [5, 5.41) is 29.5. The average molecular weight is 391 g/mol. The molecule has 0 bridgehead atoms. The van der Waals surface area contributed by atoms with Gasteiger partial charge in [0.15, 0.2) is 0 Å². The third-order valence-corrected chi connectivity index (χ3v) is 6.29. The van der Waals surface area contributed by atoms with Crippen LogP contribution >= 0.6 is 0 Å². The van der Waals surface area contributed by atoms with Crippen molar-refractivity contribution in [2.45, 2.75) is 102 Å². The van der Waals surface area contributed by atoms with Gasteiger partial charge < -0.3 is 15.3 Å². The summed E-state index contributed by atoms with van der Waals surface area (Å²) < 4.78 is 0. The van der Waals surface area contributed by atoms with Crippen LogP contribution in [0.15, 0.2) is 24.3 Å². The second-order valence-corrected chi connectivity index (χ2v) is 8.44. The van der Waals surface area contributed by atoms with E-state index in [4.69, 9.17) is 5.11 Å². The Bertz CT molecular complexity index is 568. The largest absolute Gasteiger partial charge is 0.481 e. The Kier molecular flexibility index (Phi) is 10.0. The Morgan fingerprint density at radius 1 is 1.04 bits per heavy atom. The van der Waals surface area contributed by atoms with Gasteiger partial charge in [0.1, 0.15) is 0 Å². The van der Waals surface area contributed by atoms with Crippen LogP contribution in [0.5, 0.6) is 0 Å². The lowest BCUT2D eigenvalue weighted by Crippen LogP contribution is -2.18. The van der Waals surface area contributed by atoms with Crippen molar-refractivity contribution in [1.82, 2.24) is 0 Å². The highest BCUT2D eigenvalue weighted by Gasteiger charge is 2.35. The number of unbranched alkanes of at least 4 members (excludes halogenated alkanes) is 5. The number of carboxylic acid groups (broad SMARTS) is 1. The van der Waals surface area contributed by atoms with Gasteiger partial charge in [-0.25, -0.2) is 0 Å². The number of rotatable bonds is 13. The van der Waals surface area contributed by atoms with Gasteiger partial charge in [0.25, 0.3) is 0 Å². The van der Waals surface area contributed by atoms with Crippen LogP contribution in [0.4, 0.5) is 0 Å². The molecule has 4 atom stereocenters. The van der Waals surface area contributed by atoms with Crippen LogP contribution in [-0.2, 0) is 4.79 Å². The van der Waals surface area contributed by atoms with E-state index in [0.717, 1.165) is 76.2 Å². The summed E-state index contributed by atoms with van der Waals surface area (Å²) in [4.78, 5) is 10.6. The van der Waals surface area contributed by atoms with Crippen LogP contribution in [0.25, 0.3) is 0 Å². The number of hydrogen-bond acceptors (Lipinski definition) is 3. The molecule has 0 spiro atoms. The van der Waals surface area contributed by atoms with E-state index in [1.165, 1.54) is 5.56 Å². The highest BCUT2D eigenvalue weighted by atomic mass is 16.4. The summed E-state index contributed by atoms with van der Waals surface area (Å²) in [5.41, 5.74) is 2.27. The fourth-order valence-electron chi connectivity index (χ4n) is 4.58. The van der Waals surface area contributed by atoms with E-state index in [0.29, 0.717) is 11.8 Å². The zero-order chi connectivity index (χ0) is 20.4. The van der Waals surface area contributed by atoms with Gasteiger partial charge in [-0.3, -0.25) is 4.79 Å². The molecule has 3 N–H and O–H groups in total. The van der Waals surface area contributed by atoms with Gasteiger partial charge in [-0.2, -0.15) is 0 Å². The summed E-state index contributed by atoms with van der Waals surface area (Å²) in [6.45, 7) is 2.17. The van der Waals surface area contributed by atoms with Crippen LogP contribution < -0.4 is 0 Å². The summed E-state index contributed by atoms with van der Waals surface area (Å²) >= 11 is 0. The van der Waals surface area contributed by atoms with Crippen molar-refractivity contribution < 1.29 is 20.1 Å². The lowest BCUT2D eigenvalue weighted by Gasteiger charge is -2.23. The first-order valence-corrected chi connectivity index (χ1v) is 11.2. The molecule has 0 saturated heterocycles. The third kappa shape index (κ3) is 7.21. The zero-order valence-electron chi connectivity index (χ0n) is 17.4. The maximum absolute atomic E-state index is 10.6. The lowest BCUT2D eigenvalue weighted by molar-refractivity contribution is -0.137. The van der Waals surface area contributed by atoms with E-state index in [2.05, 4.69) is 31.2 Å². The Labute approximate surface area is 170 Å². The molecule has 1 aromatic rings. The minimum Gasteiger partial charge on any atom is -0.481 e. The van der Waals surface area contributed by atoms with Crippen LogP contribution in [0.1, 0.15) is 107 Å². The Balaban J connectivity index is 1.83. The number of carboxylic acids is 1. The van der Waals surface area contributed by atoms with Gasteiger partial charge in [0, 0.05) is 6.42 Å². The maximum atomic E-state index is 10.6. The number of carbonyl (C=O) groups is 1. The number of hydrogen-bond donors (Lipinski definition) is 3. The molecule has 28 heavy (non-hydrogen) atoms. The maximum Gasteiger partial charge on any atom is 0.303 e. The van der Waals surface area contributed by atoms with E-state index in [1.54, 1.807) is 0 Å². The average Bonchev–Trinajstić information content (AvgIpc) is 3.05. The Morgan fingerprint density at radius 2 is 1.75 bits per heavy atom. The van der Waals surface area contributed by atoms with Gasteiger partial charge in [0.05, 0.1) is 12.2 Å². The van der Waals surface area contributed by atoms with Gasteiger partial charge >= 0.3 is 5.97 Å². The molecule has 4 nitrogen and oxygen atoms in total. The van der Waals surface area contributed by atoms with Crippen LogP contribution in [-0.4, -0.2) is 27.4 Å². The zero-order valence-corrected chi connectivity index (χ0v) is 17.4. The number of aliphatic carboxylic acids is 1. The lowest BCUT2D eigenvalue weighted by atomic mass is 9.84. The standard InChI is InChI=1S/C24H38O4/c1-2-3-6-10-22(25)19-14-12-18(13-15-19)20-16-17-23(26)21(20)9-7-4-5-8-11-24(27)28/h12-15,20-23,25-26H,2-11,16-17H2,1H3,(H,27,28). The monoisotopic (exact) mass is 390 g/mol. The third-order valence-electron chi connectivity index (χ3n) is 6.29. The van der Waals surface area contributed by atoms with Crippen molar-refractivity contribution in [2.24, 2.45) is 5.92 Å². The van der Waals surface area contributed by atoms with Gasteiger partial charge in [-0.15, -0.1) is 0 Å². The van der Waals surface area contributed by atoms with Crippen molar-refractivity contribution >= 4 is 5.97 Å². The fourth-order valence-corrected chi connectivity index (χ4v) is 4.58. The van der Waals surface area contributed by atoms with Crippen molar-refractivity contribution in [3.63, 3.8) is 0 Å². The molecule has 4 unspecified atom stereocenters. The molecule has 1 saturated carbocycles. The first-order valence-electron chi connectivity index (χ1n) is 11.2. The Morgan fingerprint density at radius 3 is 2.43 bits per heavy atom. The summed E-state index contributed by atoms with van der Waals surface area (Å²) in [7, 11) is 0. The van der Waals surface area contributed by atoms with Crippen LogP contribution in [0.3, 0.4) is 0 Å². The van der Waals surface area contributed by atoms with Crippen molar-refractivity contribution in [2.75, 3.05) is 0 Å². The molecule has 1 fully saturated rings. The summed E-state index contributed by atoms with van der Waals surface area (Å²) in [6.07, 6.45) is 10.5. The van der Waals surface area contributed by atoms with Gasteiger partial charge in [0.2, 0.25) is 0 Å². The quantitative estimate of drug-likeness (QED) is 0.384. The van der Waals surface area contributed by atoms with Crippen LogP contribution in [0, 0.1) is 5.92 Å². The second kappa shape index (κ2) is 12.2. The molecule has 0 radical (unpaired) electrons. The molecule has 4 heteroatoms. The molecule has 0 heterocycles. The fraction of sp³-hybridized carbons (Fsp3) is 0.708. The predicted molar refractivity (Wildman–Crippen MR) is 112 cm³/mol. The van der Waals surface area contributed by atoms with Crippen molar-refractivity contribution in [3.05, 3.63) is 35.4 Å². The number of aliphatic hydroxyl groups is 2. The molecular formula is C24H38O4. The van der Waals surface area contributed by atoms with E-state index < -0.39 is 5.97 Å². The molecule has 1 aliphatic rings. The van der Waals surface area contributed by atoms with Crippen molar-refractivity contribution in [1.29, 1.82) is 0 Å². The molecule has 0 amide bonds. The molecule has 2 rings (SSSR count). The van der Waals surface area contributed by atoms with Crippen LogP contribution in [0.2, 0.25) is 0 Å². The van der Waals surface area contributed by atoms with E-state index in [-0.39, 0.29) is 18.6 Å². The first kappa shape index (κ1) is 22.9. The second-order valence-electron chi connectivity index (χ2n) is 8.44. The van der Waals surface area contributed by atoms with E-state index in [1.807, 2.05) is 0 Å². The minimum absolute atomic E-state index is 0.233. The topological polar surface area (TPSA) is 77.8 Å². The normalized spacial score (nSPS) is 23.0. The number of benzene rings is 1. The van der Waals surface area contributed by atoms with E-state index in [9.17, 15) is 15.0 Å². The highest BCUT2D eigenvalue weighted by molar-refractivity contribution is 5.66.